The SMILES string of the molecule is Cc1cc(Cl)c(S(=O)(=O)N(C)CC2CC2)cc1N. The van der Waals surface area contributed by atoms with Gasteiger partial charge in [0.15, 0.2) is 0 Å². The maximum absolute atomic E-state index is 12.4. The van der Waals surface area contributed by atoms with Crippen LogP contribution in [0.2, 0.25) is 5.02 Å². The lowest BCUT2D eigenvalue weighted by Crippen LogP contribution is -2.29. The molecule has 1 aliphatic carbocycles. The third-order valence-electron chi connectivity index (χ3n) is 3.22. The van der Waals surface area contributed by atoms with E-state index in [9.17, 15) is 8.42 Å². The zero-order valence-corrected chi connectivity index (χ0v) is 12.1. The Labute approximate surface area is 113 Å². The van der Waals surface area contributed by atoms with Gasteiger partial charge in [0.2, 0.25) is 10.0 Å². The quantitative estimate of drug-likeness (QED) is 0.865. The summed E-state index contributed by atoms with van der Waals surface area (Å²) in [5.74, 6) is 0.492. The number of sulfonamides is 1. The minimum atomic E-state index is -3.54. The molecule has 2 rings (SSSR count). The molecular weight excluding hydrogens is 272 g/mol. The van der Waals surface area contributed by atoms with Crippen molar-refractivity contribution in [2.24, 2.45) is 5.92 Å². The van der Waals surface area contributed by atoms with Crippen molar-refractivity contribution in [1.29, 1.82) is 0 Å². The highest BCUT2D eigenvalue weighted by atomic mass is 35.5. The van der Waals surface area contributed by atoms with Crippen LogP contribution >= 0.6 is 11.6 Å². The van der Waals surface area contributed by atoms with E-state index in [1.54, 1.807) is 20.0 Å². The van der Waals surface area contributed by atoms with Crippen LogP contribution < -0.4 is 5.73 Å². The molecule has 18 heavy (non-hydrogen) atoms. The summed E-state index contributed by atoms with van der Waals surface area (Å²) in [6, 6.07) is 3.03. The number of nitrogens with two attached hydrogens (primary N) is 1. The Morgan fingerprint density at radius 1 is 1.44 bits per heavy atom. The van der Waals surface area contributed by atoms with E-state index >= 15 is 0 Å². The summed E-state index contributed by atoms with van der Waals surface area (Å²) in [5, 5.41) is 0.226. The molecule has 0 amide bonds. The van der Waals surface area contributed by atoms with Gasteiger partial charge in [-0.2, -0.15) is 0 Å². The average molecular weight is 289 g/mol. The summed E-state index contributed by atoms with van der Waals surface area (Å²) in [5.41, 5.74) is 6.98. The number of hydrogen-bond donors (Lipinski definition) is 1. The molecule has 0 atom stereocenters. The second kappa shape index (κ2) is 4.72. The van der Waals surface area contributed by atoms with Crippen molar-refractivity contribution in [2.75, 3.05) is 19.3 Å². The Morgan fingerprint density at radius 3 is 2.61 bits per heavy atom. The molecule has 4 nitrogen and oxygen atoms in total. The molecule has 0 radical (unpaired) electrons. The first-order chi connectivity index (χ1) is 8.32. The van der Waals surface area contributed by atoms with E-state index in [-0.39, 0.29) is 9.92 Å². The normalized spacial score (nSPS) is 16.2. The van der Waals surface area contributed by atoms with Gasteiger partial charge in [0.25, 0.3) is 0 Å². The van der Waals surface area contributed by atoms with Gasteiger partial charge in [-0.3, -0.25) is 0 Å². The Morgan fingerprint density at radius 2 is 2.06 bits per heavy atom. The van der Waals surface area contributed by atoms with Gasteiger partial charge in [-0.1, -0.05) is 11.6 Å². The number of hydrogen-bond acceptors (Lipinski definition) is 3. The highest BCUT2D eigenvalue weighted by Crippen LogP contribution is 2.33. The van der Waals surface area contributed by atoms with Crippen molar-refractivity contribution in [3.8, 4) is 0 Å². The molecule has 1 aromatic rings. The molecule has 1 aromatic carbocycles. The molecule has 0 heterocycles. The fourth-order valence-corrected chi connectivity index (χ4v) is 3.63. The Hall–Kier alpha value is -0.780. The van der Waals surface area contributed by atoms with E-state index in [1.807, 2.05) is 0 Å². The molecule has 0 aliphatic heterocycles. The van der Waals surface area contributed by atoms with Crippen LogP contribution in [0.5, 0.6) is 0 Å². The van der Waals surface area contributed by atoms with Crippen LogP contribution in [0.15, 0.2) is 17.0 Å². The molecule has 1 aliphatic rings. The number of aryl methyl sites for hydroxylation is 1. The number of rotatable bonds is 4. The molecule has 0 spiro atoms. The highest BCUT2D eigenvalue weighted by Gasteiger charge is 2.30. The average Bonchev–Trinajstić information content (AvgIpc) is 3.07. The Kier molecular flexibility index (Phi) is 3.58. The van der Waals surface area contributed by atoms with Crippen molar-refractivity contribution in [2.45, 2.75) is 24.7 Å². The number of halogens is 1. The minimum Gasteiger partial charge on any atom is -0.398 e. The van der Waals surface area contributed by atoms with E-state index in [0.717, 1.165) is 18.4 Å². The lowest BCUT2D eigenvalue weighted by atomic mass is 10.2. The van der Waals surface area contributed by atoms with Gasteiger partial charge < -0.3 is 5.73 Å². The predicted molar refractivity (Wildman–Crippen MR) is 73.1 cm³/mol. The van der Waals surface area contributed by atoms with E-state index in [4.69, 9.17) is 17.3 Å². The molecular formula is C12H17ClN2O2S. The topological polar surface area (TPSA) is 63.4 Å². The zero-order valence-electron chi connectivity index (χ0n) is 10.5. The van der Waals surface area contributed by atoms with Gasteiger partial charge in [-0.25, -0.2) is 12.7 Å². The van der Waals surface area contributed by atoms with Crippen LogP contribution in [0.25, 0.3) is 0 Å². The molecule has 1 saturated carbocycles. The van der Waals surface area contributed by atoms with Crippen molar-refractivity contribution in [3.63, 3.8) is 0 Å². The molecule has 0 saturated heterocycles. The van der Waals surface area contributed by atoms with Crippen LogP contribution in [-0.4, -0.2) is 26.3 Å². The van der Waals surface area contributed by atoms with E-state index in [0.29, 0.717) is 18.2 Å². The van der Waals surface area contributed by atoms with Crippen molar-refractivity contribution >= 4 is 27.3 Å². The number of nitrogen functional groups attached to an aromatic ring is 1. The monoisotopic (exact) mass is 288 g/mol. The number of nitrogens with zero attached hydrogens (tertiary/aromatic N) is 1. The Bertz CT molecular complexity index is 568. The van der Waals surface area contributed by atoms with Crippen LogP contribution in [-0.2, 0) is 10.0 Å². The molecule has 1 fully saturated rings. The van der Waals surface area contributed by atoms with Crippen LogP contribution in [0.1, 0.15) is 18.4 Å². The number of anilines is 1. The molecule has 0 unspecified atom stereocenters. The van der Waals surface area contributed by atoms with Gasteiger partial charge in [-0.05, 0) is 43.4 Å². The standard InChI is InChI=1S/C12H17ClN2O2S/c1-8-5-10(13)12(6-11(8)14)18(16,17)15(2)7-9-3-4-9/h5-6,9H,3-4,7,14H2,1-2H3. The summed E-state index contributed by atoms with van der Waals surface area (Å²) in [6.45, 7) is 2.35. The summed E-state index contributed by atoms with van der Waals surface area (Å²) in [7, 11) is -1.96. The molecule has 100 valence electrons. The van der Waals surface area contributed by atoms with Crippen LogP contribution in [0.3, 0.4) is 0 Å². The molecule has 6 heteroatoms. The first kappa shape index (κ1) is 13.6. The van der Waals surface area contributed by atoms with E-state index in [2.05, 4.69) is 0 Å². The summed E-state index contributed by atoms with van der Waals surface area (Å²) in [6.07, 6.45) is 2.20. The lowest BCUT2D eigenvalue weighted by Gasteiger charge is -2.18. The second-order valence-corrected chi connectivity index (χ2v) is 7.29. The third-order valence-corrected chi connectivity index (χ3v) is 5.51. The van der Waals surface area contributed by atoms with Gasteiger partial charge in [0.1, 0.15) is 4.90 Å². The highest BCUT2D eigenvalue weighted by molar-refractivity contribution is 7.89. The minimum absolute atomic E-state index is 0.0930. The number of benzene rings is 1. The summed E-state index contributed by atoms with van der Waals surface area (Å²) in [4.78, 5) is 0.0930. The molecule has 0 aromatic heterocycles. The first-order valence-electron chi connectivity index (χ1n) is 5.84. The third kappa shape index (κ3) is 2.63. The zero-order chi connectivity index (χ0) is 13.5. The first-order valence-corrected chi connectivity index (χ1v) is 7.66. The van der Waals surface area contributed by atoms with Crippen molar-refractivity contribution in [1.82, 2.24) is 4.31 Å². The molecule has 0 bridgehead atoms. The lowest BCUT2D eigenvalue weighted by molar-refractivity contribution is 0.453. The van der Waals surface area contributed by atoms with Gasteiger partial charge >= 0.3 is 0 Å². The smallest absolute Gasteiger partial charge is 0.244 e. The maximum atomic E-state index is 12.4. The van der Waals surface area contributed by atoms with Crippen LogP contribution in [0, 0.1) is 12.8 Å². The van der Waals surface area contributed by atoms with E-state index in [1.165, 1.54) is 10.4 Å². The van der Waals surface area contributed by atoms with E-state index < -0.39 is 10.0 Å². The summed E-state index contributed by atoms with van der Waals surface area (Å²) < 4.78 is 26.1. The van der Waals surface area contributed by atoms with Crippen molar-refractivity contribution < 1.29 is 8.42 Å². The van der Waals surface area contributed by atoms with Crippen LogP contribution in [0.4, 0.5) is 5.69 Å². The van der Waals surface area contributed by atoms with Gasteiger partial charge in [0, 0.05) is 19.3 Å². The van der Waals surface area contributed by atoms with Gasteiger partial charge in [-0.15, -0.1) is 0 Å². The Balaban J connectivity index is 2.36. The largest absolute Gasteiger partial charge is 0.398 e. The van der Waals surface area contributed by atoms with Gasteiger partial charge in [0.05, 0.1) is 5.02 Å². The molecule has 2 N–H and O–H groups in total. The van der Waals surface area contributed by atoms with Crippen molar-refractivity contribution in [3.05, 3.63) is 22.7 Å². The fourth-order valence-electron chi connectivity index (χ4n) is 1.80. The summed E-state index contributed by atoms with van der Waals surface area (Å²) >= 11 is 6.02. The second-order valence-electron chi connectivity index (χ2n) is 4.87. The maximum Gasteiger partial charge on any atom is 0.244 e. The fraction of sp³-hybridized carbons (Fsp3) is 0.500. The predicted octanol–water partition coefficient (Wildman–Crippen LogP) is 2.26.